The van der Waals surface area contributed by atoms with Crippen molar-refractivity contribution in [2.75, 3.05) is 5.73 Å². The van der Waals surface area contributed by atoms with Gasteiger partial charge in [0.05, 0.1) is 17.4 Å². The molecule has 0 fully saturated rings. The van der Waals surface area contributed by atoms with Gasteiger partial charge in [0.25, 0.3) is 0 Å². The number of aliphatic carboxylic acids is 1. The number of carbonyl (C=O) groups is 1. The Balaban J connectivity index is 2.69. The molecule has 23 heavy (non-hydrogen) atoms. The first-order valence-corrected chi connectivity index (χ1v) is 7.48. The number of nitrogens with zero attached hydrogens (tertiary/aromatic N) is 3. The lowest BCUT2D eigenvalue weighted by atomic mass is 10.0. The normalized spacial score (nSPS) is 11.4. The van der Waals surface area contributed by atoms with E-state index >= 15 is 0 Å². The van der Waals surface area contributed by atoms with E-state index in [4.69, 9.17) is 10.2 Å². The van der Waals surface area contributed by atoms with Crippen molar-refractivity contribution in [3.05, 3.63) is 29.5 Å². The Bertz CT molecular complexity index is 819. The molecule has 0 aliphatic heterocycles. The lowest BCUT2D eigenvalue weighted by Crippen LogP contribution is -2.16. The highest BCUT2D eigenvalue weighted by molar-refractivity contribution is 8.00. The molecule has 0 amide bonds. The fourth-order valence-electron chi connectivity index (χ4n) is 1.99. The second-order valence-electron chi connectivity index (χ2n) is 4.48. The van der Waals surface area contributed by atoms with E-state index in [-0.39, 0.29) is 27.5 Å². The molecule has 2 rings (SSSR count). The number of furan rings is 1. The van der Waals surface area contributed by atoms with E-state index in [1.165, 1.54) is 6.26 Å². The predicted octanol–water partition coefficient (Wildman–Crippen LogP) is 2.62. The molecule has 0 saturated carbocycles. The van der Waals surface area contributed by atoms with Gasteiger partial charge in [-0.15, -0.1) is 0 Å². The van der Waals surface area contributed by atoms with Gasteiger partial charge >= 0.3 is 5.97 Å². The minimum atomic E-state index is -1.01. The van der Waals surface area contributed by atoms with Gasteiger partial charge in [-0.3, -0.25) is 4.79 Å². The topological polar surface area (TPSA) is 137 Å². The van der Waals surface area contributed by atoms with Crippen molar-refractivity contribution in [1.82, 2.24) is 4.98 Å². The Hall–Kier alpha value is -2.97. The summed E-state index contributed by atoms with van der Waals surface area (Å²) in [4.78, 5) is 15.3. The van der Waals surface area contributed by atoms with Crippen molar-refractivity contribution < 1.29 is 14.3 Å². The summed E-state index contributed by atoms with van der Waals surface area (Å²) in [6.45, 7) is 1.72. The maximum Gasteiger partial charge on any atom is 0.317 e. The van der Waals surface area contributed by atoms with E-state index in [2.05, 4.69) is 4.98 Å². The van der Waals surface area contributed by atoms with Crippen molar-refractivity contribution in [3.63, 3.8) is 0 Å². The van der Waals surface area contributed by atoms with E-state index in [0.29, 0.717) is 12.2 Å². The van der Waals surface area contributed by atoms with Crippen LogP contribution in [0.15, 0.2) is 27.8 Å². The number of hydrogen-bond acceptors (Lipinski definition) is 7. The molecule has 2 aromatic heterocycles. The molecule has 0 aromatic carbocycles. The first kappa shape index (κ1) is 16.4. The monoisotopic (exact) mass is 328 g/mol. The van der Waals surface area contributed by atoms with Gasteiger partial charge in [0.1, 0.15) is 39.6 Å². The number of aromatic nitrogens is 1. The molecule has 0 bridgehead atoms. The molecule has 1 atom stereocenters. The summed E-state index contributed by atoms with van der Waals surface area (Å²) in [5.41, 5.74) is 6.15. The number of carboxylic acid groups (broad SMARTS) is 1. The molecule has 7 nitrogen and oxygen atoms in total. The average molecular weight is 328 g/mol. The first-order valence-electron chi connectivity index (χ1n) is 6.60. The van der Waals surface area contributed by atoms with Gasteiger partial charge in [0, 0.05) is 0 Å². The summed E-state index contributed by atoms with van der Waals surface area (Å²) in [7, 11) is 0. The number of rotatable bonds is 5. The number of nitriles is 2. The van der Waals surface area contributed by atoms with Crippen LogP contribution in [-0.4, -0.2) is 21.3 Å². The van der Waals surface area contributed by atoms with Crippen molar-refractivity contribution >= 4 is 23.5 Å². The molecule has 2 heterocycles. The van der Waals surface area contributed by atoms with Crippen LogP contribution in [0.25, 0.3) is 11.3 Å². The summed E-state index contributed by atoms with van der Waals surface area (Å²) >= 11 is 0.929. The van der Waals surface area contributed by atoms with Crippen LogP contribution in [0.2, 0.25) is 0 Å². The van der Waals surface area contributed by atoms with Crippen molar-refractivity contribution in [1.29, 1.82) is 10.5 Å². The zero-order valence-electron chi connectivity index (χ0n) is 12.1. The van der Waals surface area contributed by atoms with Crippen LogP contribution in [0.5, 0.6) is 0 Å². The fourth-order valence-corrected chi connectivity index (χ4v) is 2.95. The van der Waals surface area contributed by atoms with Gasteiger partial charge in [-0.25, -0.2) is 4.98 Å². The molecule has 116 valence electrons. The number of nitrogen functional groups attached to an aromatic ring is 1. The average Bonchev–Trinajstić information content (AvgIpc) is 3.05. The zero-order valence-corrected chi connectivity index (χ0v) is 12.9. The molecule has 8 heteroatoms. The Morgan fingerprint density at radius 2 is 2.17 bits per heavy atom. The van der Waals surface area contributed by atoms with E-state index in [9.17, 15) is 20.4 Å². The van der Waals surface area contributed by atoms with Gasteiger partial charge in [-0.05, 0) is 18.6 Å². The van der Waals surface area contributed by atoms with E-state index in [1.54, 1.807) is 19.1 Å². The molecule has 0 radical (unpaired) electrons. The van der Waals surface area contributed by atoms with E-state index in [1.807, 2.05) is 12.1 Å². The SMILES string of the molecule is CCC(Sc1nc(N)c(C#N)c(-c2ccco2)c1C#N)C(=O)O. The standard InChI is InChI=1S/C15H12N4O3S/c1-2-11(15(20)21)23-14-9(7-17)12(10-4-3-5-22-10)8(6-16)13(18)19-14/h3-5,11H,2H2,1H3,(H2,18,19)(H,20,21). The Morgan fingerprint density at radius 1 is 1.48 bits per heavy atom. The highest BCUT2D eigenvalue weighted by Crippen LogP contribution is 2.37. The quantitative estimate of drug-likeness (QED) is 0.799. The van der Waals surface area contributed by atoms with Crippen LogP contribution < -0.4 is 5.73 Å². The summed E-state index contributed by atoms with van der Waals surface area (Å²) in [6, 6.07) is 7.11. The first-order chi connectivity index (χ1) is 11.0. The van der Waals surface area contributed by atoms with Crippen LogP contribution in [0.3, 0.4) is 0 Å². The molecule has 3 N–H and O–H groups in total. The third-order valence-corrected chi connectivity index (χ3v) is 4.42. The number of pyridine rings is 1. The van der Waals surface area contributed by atoms with Crippen LogP contribution in [-0.2, 0) is 4.79 Å². The lowest BCUT2D eigenvalue weighted by molar-refractivity contribution is -0.136. The molecule has 0 aliphatic carbocycles. The van der Waals surface area contributed by atoms with Crippen molar-refractivity contribution in [2.45, 2.75) is 23.6 Å². The molecule has 1 unspecified atom stereocenters. The maximum absolute atomic E-state index is 11.2. The number of carboxylic acids is 1. The largest absolute Gasteiger partial charge is 0.480 e. The lowest BCUT2D eigenvalue weighted by Gasteiger charge is -2.13. The van der Waals surface area contributed by atoms with Crippen LogP contribution in [0.4, 0.5) is 5.82 Å². The predicted molar refractivity (Wildman–Crippen MR) is 83.4 cm³/mol. The molecular weight excluding hydrogens is 316 g/mol. The second kappa shape index (κ2) is 6.86. The molecule has 0 aliphatic rings. The highest BCUT2D eigenvalue weighted by atomic mass is 32.2. The number of thioether (sulfide) groups is 1. The number of anilines is 1. The van der Waals surface area contributed by atoms with Gasteiger partial charge in [-0.2, -0.15) is 10.5 Å². The second-order valence-corrected chi connectivity index (χ2v) is 5.67. The summed E-state index contributed by atoms with van der Waals surface area (Å²) in [6.07, 6.45) is 1.76. The minimum Gasteiger partial charge on any atom is -0.480 e. The van der Waals surface area contributed by atoms with Gasteiger partial charge in [0.15, 0.2) is 0 Å². The molecule has 0 spiro atoms. The Morgan fingerprint density at radius 3 is 2.65 bits per heavy atom. The van der Waals surface area contributed by atoms with Gasteiger partial charge in [0.2, 0.25) is 0 Å². The third-order valence-electron chi connectivity index (χ3n) is 3.08. The van der Waals surface area contributed by atoms with Crippen LogP contribution in [0.1, 0.15) is 24.5 Å². The van der Waals surface area contributed by atoms with Crippen molar-refractivity contribution in [3.8, 4) is 23.5 Å². The number of nitrogens with two attached hydrogens (primary N) is 1. The van der Waals surface area contributed by atoms with Gasteiger partial charge < -0.3 is 15.3 Å². The highest BCUT2D eigenvalue weighted by Gasteiger charge is 2.25. The molecular formula is C15H12N4O3S. The van der Waals surface area contributed by atoms with Crippen LogP contribution >= 0.6 is 11.8 Å². The molecule has 0 saturated heterocycles. The smallest absolute Gasteiger partial charge is 0.317 e. The summed E-state index contributed by atoms with van der Waals surface area (Å²) in [5.74, 6) is -0.774. The van der Waals surface area contributed by atoms with Crippen molar-refractivity contribution in [2.24, 2.45) is 0 Å². The fraction of sp³-hybridized carbons (Fsp3) is 0.200. The minimum absolute atomic E-state index is 0.0317. The zero-order chi connectivity index (χ0) is 17.0. The van der Waals surface area contributed by atoms with Gasteiger partial charge in [-0.1, -0.05) is 18.7 Å². The summed E-state index contributed by atoms with van der Waals surface area (Å²) in [5, 5.41) is 27.4. The Labute approximate surface area is 136 Å². The third kappa shape index (κ3) is 3.12. The maximum atomic E-state index is 11.2. The van der Waals surface area contributed by atoms with E-state index < -0.39 is 11.2 Å². The van der Waals surface area contributed by atoms with E-state index in [0.717, 1.165) is 11.8 Å². The Kier molecular flexibility index (Phi) is 4.89. The van der Waals surface area contributed by atoms with Crippen LogP contribution in [0, 0.1) is 22.7 Å². The summed E-state index contributed by atoms with van der Waals surface area (Å²) < 4.78 is 5.28. The molecule has 2 aromatic rings. The number of hydrogen-bond donors (Lipinski definition) is 2.